The van der Waals surface area contributed by atoms with E-state index in [-0.39, 0.29) is 36.3 Å². The maximum Gasteiger partial charge on any atom is 0.226 e. The summed E-state index contributed by atoms with van der Waals surface area (Å²) >= 11 is 13.1. The minimum Gasteiger partial charge on any atom is -0.394 e. The number of amides is 1. The normalized spacial score (nSPS) is 30.8. The number of carbonyl (C=O) groups is 1. The molecule has 1 amide bonds. The molecule has 0 aromatic heterocycles. The molecule has 3 aliphatic rings. The van der Waals surface area contributed by atoms with Crippen LogP contribution < -0.4 is 5.32 Å². The van der Waals surface area contributed by atoms with Gasteiger partial charge in [0.05, 0.1) is 18.1 Å². The van der Waals surface area contributed by atoms with Crippen LogP contribution in [-0.2, 0) is 4.79 Å². The van der Waals surface area contributed by atoms with Gasteiger partial charge in [0.1, 0.15) is 0 Å². The van der Waals surface area contributed by atoms with Crippen LogP contribution in [0.5, 0.6) is 0 Å². The Morgan fingerprint density at radius 2 is 1.94 bits per heavy atom. The van der Waals surface area contributed by atoms with Gasteiger partial charge in [0.2, 0.25) is 5.91 Å². The maximum atomic E-state index is 13.2. The number of carbonyl (C=O) groups excluding carboxylic acids is 1. The van der Waals surface area contributed by atoms with Gasteiger partial charge in [0.15, 0.2) is 0 Å². The predicted octanol–water partition coefficient (Wildman–Crippen LogP) is 6.50. The van der Waals surface area contributed by atoms with E-state index in [2.05, 4.69) is 60.8 Å². The van der Waals surface area contributed by atoms with Crippen LogP contribution in [0.3, 0.4) is 0 Å². The zero-order valence-corrected chi connectivity index (χ0v) is 20.2. The van der Waals surface area contributed by atoms with Gasteiger partial charge in [-0.2, -0.15) is 0 Å². The summed E-state index contributed by atoms with van der Waals surface area (Å²) in [7, 11) is 0. The molecule has 0 radical (unpaired) electrons. The molecule has 1 heterocycles. The number of aliphatic hydroxyl groups is 1. The zero-order valence-electron chi connectivity index (χ0n) is 18.7. The van der Waals surface area contributed by atoms with Crippen LogP contribution in [0, 0.1) is 11.3 Å². The van der Waals surface area contributed by atoms with Crippen molar-refractivity contribution in [1.82, 2.24) is 5.32 Å². The lowest BCUT2D eigenvalue weighted by molar-refractivity contribution is -0.131. The van der Waals surface area contributed by atoms with E-state index in [1.165, 1.54) is 5.57 Å². The van der Waals surface area contributed by atoms with Crippen molar-refractivity contribution in [2.75, 3.05) is 6.61 Å². The van der Waals surface area contributed by atoms with E-state index in [0.29, 0.717) is 5.02 Å². The third-order valence-corrected chi connectivity index (χ3v) is 8.77. The Kier molecular flexibility index (Phi) is 6.15. The van der Waals surface area contributed by atoms with Crippen molar-refractivity contribution in [2.45, 2.75) is 50.5 Å². The topological polar surface area (TPSA) is 49.3 Å². The summed E-state index contributed by atoms with van der Waals surface area (Å²) in [5.74, 6) is 0.253. The molecule has 5 atom stereocenters. The van der Waals surface area contributed by atoms with Crippen molar-refractivity contribution >= 4 is 34.7 Å². The van der Waals surface area contributed by atoms with Crippen LogP contribution in [-0.4, -0.2) is 23.7 Å². The highest BCUT2D eigenvalue weighted by molar-refractivity contribution is 6.31. The SMILES string of the molecule is CC[C@@]12CC[C@@H](c3ccc(C4=CC=CC4)cc3Cl)[C@@H](c3ccc(Cl)cc3)[C@@H]1[C@@H](CO)NC2=O. The number of fused-ring (bicyclic) bond motifs is 1. The number of hydrogen-bond donors (Lipinski definition) is 2. The Hall–Kier alpha value is -2.07. The molecule has 2 aliphatic carbocycles. The van der Waals surface area contributed by atoms with Gasteiger partial charge >= 0.3 is 0 Å². The van der Waals surface area contributed by atoms with Gasteiger partial charge in [-0.3, -0.25) is 4.79 Å². The molecule has 0 unspecified atom stereocenters. The second-order valence-corrected chi connectivity index (χ2v) is 10.4. The third kappa shape index (κ3) is 3.75. The van der Waals surface area contributed by atoms with Gasteiger partial charge in [-0.1, -0.05) is 72.6 Å². The van der Waals surface area contributed by atoms with Crippen LogP contribution in [0.15, 0.2) is 60.7 Å². The summed E-state index contributed by atoms with van der Waals surface area (Å²) in [6, 6.07) is 14.1. The number of benzene rings is 2. The molecule has 33 heavy (non-hydrogen) atoms. The monoisotopic (exact) mass is 481 g/mol. The molecule has 0 spiro atoms. The summed E-state index contributed by atoms with van der Waals surface area (Å²) in [6.07, 6.45) is 9.71. The number of aliphatic hydroxyl groups excluding tert-OH is 1. The molecule has 2 aromatic rings. The summed E-state index contributed by atoms with van der Waals surface area (Å²) in [5.41, 5.74) is 4.22. The molecule has 2 fully saturated rings. The Bertz CT molecular complexity index is 1120. The number of allylic oxidation sites excluding steroid dienone is 4. The van der Waals surface area contributed by atoms with E-state index >= 15 is 0 Å². The first kappa shape index (κ1) is 22.7. The van der Waals surface area contributed by atoms with Crippen LogP contribution in [0.25, 0.3) is 5.57 Å². The van der Waals surface area contributed by atoms with E-state index in [1.54, 1.807) is 0 Å². The quantitative estimate of drug-likeness (QED) is 0.511. The number of nitrogens with one attached hydrogen (secondary N) is 1. The lowest BCUT2D eigenvalue weighted by atomic mass is 9.54. The van der Waals surface area contributed by atoms with Crippen molar-refractivity contribution in [3.63, 3.8) is 0 Å². The molecule has 1 saturated heterocycles. The third-order valence-electron chi connectivity index (χ3n) is 8.19. The van der Waals surface area contributed by atoms with Crippen molar-refractivity contribution in [3.8, 4) is 0 Å². The van der Waals surface area contributed by atoms with Crippen molar-refractivity contribution in [1.29, 1.82) is 0 Å². The van der Waals surface area contributed by atoms with Crippen LogP contribution >= 0.6 is 23.2 Å². The molecule has 2 N–H and O–H groups in total. The average molecular weight is 482 g/mol. The van der Waals surface area contributed by atoms with Crippen LogP contribution in [0.2, 0.25) is 10.0 Å². The molecule has 5 heteroatoms. The first-order valence-corrected chi connectivity index (χ1v) is 12.6. The number of hydrogen-bond acceptors (Lipinski definition) is 2. The van der Waals surface area contributed by atoms with Crippen molar-refractivity contribution in [3.05, 3.63) is 87.4 Å². The number of rotatable bonds is 5. The smallest absolute Gasteiger partial charge is 0.226 e. The molecule has 5 rings (SSSR count). The molecule has 0 bridgehead atoms. The Balaban J connectivity index is 1.61. The van der Waals surface area contributed by atoms with Gasteiger partial charge < -0.3 is 10.4 Å². The fourth-order valence-corrected chi connectivity index (χ4v) is 7.00. The van der Waals surface area contributed by atoms with E-state index in [1.807, 2.05) is 12.1 Å². The first-order chi connectivity index (χ1) is 16.0. The van der Waals surface area contributed by atoms with Crippen LogP contribution in [0.1, 0.15) is 61.1 Å². The van der Waals surface area contributed by atoms with Crippen molar-refractivity contribution < 1.29 is 9.90 Å². The first-order valence-electron chi connectivity index (χ1n) is 11.8. The minimum atomic E-state index is -0.471. The van der Waals surface area contributed by atoms with Crippen molar-refractivity contribution in [2.24, 2.45) is 11.3 Å². The fourth-order valence-electron chi connectivity index (χ4n) is 6.55. The molecule has 1 saturated carbocycles. The van der Waals surface area contributed by atoms with Crippen LogP contribution in [0.4, 0.5) is 0 Å². The molecular weight excluding hydrogens is 453 g/mol. The highest BCUT2D eigenvalue weighted by Crippen LogP contribution is 2.60. The summed E-state index contributed by atoms with van der Waals surface area (Å²) in [6.45, 7) is 2.03. The van der Waals surface area contributed by atoms with Gasteiger partial charge in [0, 0.05) is 16.0 Å². The second-order valence-electron chi connectivity index (χ2n) is 9.58. The van der Waals surface area contributed by atoms with Gasteiger partial charge in [-0.25, -0.2) is 0 Å². The Morgan fingerprint density at radius 1 is 1.15 bits per heavy atom. The summed E-state index contributed by atoms with van der Waals surface area (Å²) in [4.78, 5) is 13.2. The summed E-state index contributed by atoms with van der Waals surface area (Å²) < 4.78 is 0. The largest absolute Gasteiger partial charge is 0.394 e. The van der Waals surface area contributed by atoms with E-state index in [9.17, 15) is 9.90 Å². The fraction of sp³-hybridized carbons (Fsp3) is 0.393. The average Bonchev–Trinajstić information content (AvgIpc) is 3.46. The molecule has 172 valence electrons. The molecule has 3 nitrogen and oxygen atoms in total. The highest BCUT2D eigenvalue weighted by atomic mass is 35.5. The Morgan fingerprint density at radius 3 is 2.58 bits per heavy atom. The lowest BCUT2D eigenvalue weighted by Crippen LogP contribution is -2.45. The maximum absolute atomic E-state index is 13.2. The zero-order chi connectivity index (χ0) is 23.2. The standard InChI is InChI=1S/C28H29Cl2NO2/c1-2-28-14-13-22(21-12-9-19(15-23(21)30)17-5-3-4-6-17)25(18-7-10-20(29)11-8-18)26(28)24(16-32)31-27(28)33/h3-5,7-12,15,22,24-26,32H,2,6,13-14,16H2,1H3,(H,31,33)/t22-,24+,25+,26-,28+/m0/s1. The van der Waals surface area contributed by atoms with Gasteiger partial charge in [-0.05, 0) is 78.0 Å². The second kappa shape index (κ2) is 8.94. The van der Waals surface area contributed by atoms with E-state index in [4.69, 9.17) is 23.2 Å². The Labute approximate surface area is 205 Å². The minimum absolute atomic E-state index is 0.0163. The van der Waals surface area contributed by atoms with Gasteiger partial charge in [-0.15, -0.1) is 0 Å². The predicted molar refractivity (Wildman–Crippen MR) is 135 cm³/mol. The van der Waals surface area contributed by atoms with E-state index in [0.717, 1.165) is 47.4 Å². The molecular formula is C28H29Cl2NO2. The van der Waals surface area contributed by atoms with Gasteiger partial charge in [0.25, 0.3) is 0 Å². The summed E-state index contributed by atoms with van der Waals surface area (Å²) in [5, 5.41) is 14.8. The molecule has 2 aromatic carbocycles. The molecule has 1 aliphatic heterocycles. The van der Waals surface area contributed by atoms with E-state index < -0.39 is 5.41 Å². The number of halogens is 2. The highest BCUT2D eigenvalue weighted by Gasteiger charge is 2.60. The lowest BCUT2D eigenvalue weighted by Gasteiger charge is -2.48.